The van der Waals surface area contributed by atoms with Crippen LogP contribution in [0.2, 0.25) is 0 Å². The second-order valence-electron chi connectivity index (χ2n) is 7.26. The third-order valence-electron chi connectivity index (χ3n) is 5.53. The van der Waals surface area contributed by atoms with E-state index < -0.39 is 5.43 Å². The minimum Gasteiger partial charge on any atom is -0.337 e. The summed E-state index contributed by atoms with van der Waals surface area (Å²) in [7, 11) is 0. The number of allylic oxidation sites excluding steroid dienone is 4. The van der Waals surface area contributed by atoms with E-state index in [4.69, 9.17) is 10.2 Å². The van der Waals surface area contributed by atoms with Gasteiger partial charge in [-0.25, -0.2) is 9.97 Å². The number of hydrogen-bond donors (Lipinski definition) is 1. The molecule has 7 nitrogen and oxygen atoms in total. The van der Waals surface area contributed by atoms with Gasteiger partial charge < -0.3 is 4.98 Å². The maximum Gasteiger partial charge on any atom is 0.271 e. The molecule has 0 spiro atoms. The first kappa shape index (κ1) is 16.6. The standard InChI is InChI=1S/C21H17N5O2/c22-10-12-9-15-17(23-11-12)18(27)16-19(24-15)25-20(13-5-4-6-13)26(21(16)28)14-7-2-1-3-8-14/h2,7-9,11,13H,1,3-6H2,(H,24,27). The fourth-order valence-corrected chi connectivity index (χ4v) is 3.84. The van der Waals surface area contributed by atoms with Crippen LogP contribution in [0.5, 0.6) is 0 Å². The SMILES string of the molecule is N#Cc1cnc2c(=O)c3c(=O)n(C4=CCCC=C4)c(C4CCC4)nc3[nH]c2c1. The molecule has 7 heteroatoms. The Labute approximate surface area is 159 Å². The Balaban J connectivity index is 1.89. The molecule has 3 aromatic heterocycles. The van der Waals surface area contributed by atoms with Crippen LogP contribution in [0.15, 0.2) is 40.1 Å². The van der Waals surface area contributed by atoms with Crippen LogP contribution in [0.1, 0.15) is 49.4 Å². The Hall–Kier alpha value is -3.53. The van der Waals surface area contributed by atoms with Crippen molar-refractivity contribution in [3.05, 3.63) is 62.5 Å². The first-order chi connectivity index (χ1) is 13.7. The molecule has 28 heavy (non-hydrogen) atoms. The van der Waals surface area contributed by atoms with Crippen molar-refractivity contribution in [2.45, 2.75) is 38.0 Å². The van der Waals surface area contributed by atoms with E-state index in [-0.39, 0.29) is 28.0 Å². The fraction of sp³-hybridized carbons (Fsp3) is 0.286. The summed E-state index contributed by atoms with van der Waals surface area (Å²) < 4.78 is 1.60. The minimum absolute atomic E-state index is 0.00709. The number of fused-ring (bicyclic) bond motifs is 2. The average Bonchev–Trinajstić information content (AvgIpc) is 2.67. The van der Waals surface area contributed by atoms with Crippen LogP contribution >= 0.6 is 0 Å². The highest BCUT2D eigenvalue weighted by Gasteiger charge is 2.28. The number of hydrogen-bond acceptors (Lipinski definition) is 5. The topological polar surface area (TPSA) is 104 Å². The molecule has 3 aromatic rings. The van der Waals surface area contributed by atoms with Crippen LogP contribution in [0.4, 0.5) is 0 Å². The molecule has 0 bridgehead atoms. The van der Waals surface area contributed by atoms with Gasteiger partial charge in [-0.3, -0.25) is 14.2 Å². The summed E-state index contributed by atoms with van der Waals surface area (Å²) in [4.78, 5) is 38.4. The maximum atomic E-state index is 13.4. The fourth-order valence-electron chi connectivity index (χ4n) is 3.84. The lowest BCUT2D eigenvalue weighted by Gasteiger charge is -2.28. The van der Waals surface area contributed by atoms with Crippen LogP contribution < -0.4 is 11.0 Å². The smallest absolute Gasteiger partial charge is 0.271 e. The maximum absolute atomic E-state index is 13.4. The number of nitrogens with zero attached hydrogens (tertiary/aromatic N) is 4. The lowest BCUT2D eigenvalue weighted by molar-refractivity contribution is 0.395. The lowest BCUT2D eigenvalue weighted by Crippen LogP contribution is -2.31. The van der Waals surface area contributed by atoms with Crippen molar-refractivity contribution in [1.82, 2.24) is 19.5 Å². The van der Waals surface area contributed by atoms with E-state index in [1.165, 1.54) is 6.20 Å². The number of aromatic amines is 1. The summed E-state index contributed by atoms with van der Waals surface area (Å²) in [6, 6.07) is 3.57. The Morgan fingerprint density at radius 2 is 2.11 bits per heavy atom. The van der Waals surface area contributed by atoms with Gasteiger partial charge >= 0.3 is 0 Å². The van der Waals surface area contributed by atoms with Crippen LogP contribution in [0.25, 0.3) is 27.8 Å². The van der Waals surface area contributed by atoms with E-state index in [9.17, 15) is 9.59 Å². The van der Waals surface area contributed by atoms with Crippen LogP contribution in [-0.2, 0) is 0 Å². The largest absolute Gasteiger partial charge is 0.337 e. The summed E-state index contributed by atoms with van der Waals surface area (Å²) in [6.45, 7) is 0. The molecule has 0 aliphatic heterocycles. The number of pyridine rings is 2. The summed E-state index contributed by atoms with van der Waals surface area (Å²) in [5.74, 6) is 0.900. The summed E-state index contributed by atoms with van der Waals surface area (Å²) in [6.07, 6.45) is 12.2. The second kappa shape index (κ2) is 6.27. The molecule has 2 aliphatic carbocycles. The van der Waals surface area contributed by atoms with Crippen molar-refractivity contribution in [3.8, 4) is 6.07 Å². The van der Waals surface area contributed by atoms with Crippen LogP contribution in [0, 0.1) is 11.3 Å². The van der Waals surface area contributed by atoms with E-state index in [0.717, 1.165) is 37.8 Å². The molecule has 2 aliphatic rings. The first-order valence-corrected chi connectivity index (χ1v) is 9.43. The molecule has 1 fully saturated rings. The van der Waals surface area contributed by atoms with Crippen molar-refractivity contribution in [1.29, 1.82) is 5.26 Å². The summed E-state index contributed by atoms with van der Waals surface area (Å²) in [5, 5.41) is 9.10. The highest BCUT2D eigenvalue weighted by atomic mass is 16.1. The molecular formula is C21H17N5O2. The number of aromatic nitrogens is 4. The van der Waals surface area contributed by atoms with Crippen LogP contribution in [-0.4, -0.2) is 19.5 Å². The van der Waals surface area contributed by atoms with Gasteiger partial charge in [0.05, 0.1) is 11.1 Å². The molecular weight excluding hydrogens is 354 g/mol. The zero-order valence-corrected chi connectivity index (χ0v) is 15.1. The van der Waals surface area contributed by atoms with E-state index in [1.54, 1.807) is 10.6 Å². The predicted molar refractivity (Wildman–Crippen MR) is 106 cm³/mol. The second-order valence-corrected chi connectivity index (χ2v) is 7.26. The zero-order valence-electron chi connectivity index (χ0n) is 15.1. The van der Waals surface area contributed by atoms with Crippen molar-refractivity contribution in [2.24, 2.45) is 0 Å². The van der Waals surface area contributed by atoms with Gasteiger partial charge in [0.15, 0.2) is 0 Å². The first-order valence-electron chi connectivity index (χ1n) is 9.43. The highest BCUT2D eigenvalue weighted by molar-refractivity contribution is 5.89. The summed E-state index contributed by atoms with van der Waals surface area (Å²) >= 11 is 0. The number of nitriles is 1. The van der Waals surface area contributed by atoms with Crippen molar-refractivity contribution >= 4 is 27.8 Å². The molecule has 0 saturated heterocycles. The molecule has 0 unspecified atom stereocenters. The Kier molecular flexibility index (Phi) is 3.72. The Morgan fingerprint density at radius 3 is 2.79 bits per heavy atom. The molecule has 0 atom stereocenters. The van der Waals surface area contributed by atoms with E-state index >= 15 is 0 Å². The van der Waals surface area contributed by atoms with Gasteiger partial charge in [0.1, 0.15) is 28.4 Å². The molecule has 0 aromatic carbocycles. The van der Waals surface area contributed by atoms with Crippen LogP contribution in [0.3, 0.4) is 0 Å². The zero-order chi connectivity index (χ0) is 19.3. The minimum atomic E-state index is -0.458. The monoisotopic (exact) mass is 371 g/mol. The molecule has 0 amide bonds. The van der Waals surface area contributed by atoms with Crippen molar-refractivity contribution in [2.75, 3.05) is 0 Å². The lowest BCUT2D eigenvalue weighted by atomic mass is 9.84. The number of rotatable bonds is 2. The molecule has 0 radical (unpaired) electrons. The Morgan fingerprint density at radius 1 is 1.25 bits per heavy atom. The molecule has 1 N–H and O–H groups in total. The van der Waals surface area contributed by atoms with Gasteiger partial charge in [-0.05, 0) is 37.8 Å². The van der Waals surface area contributed by atoms with Gasteiger partial charge in [0.2, 0.25) is 5.43 Å². The quantitative estimate of drug-likeness (QED) is 0.697. The third kappa shape index (κ3) is 2.42. The molecule has 1 saturated carbocycles. The number of nitrogens with one attached hydrogen (secondary N) is 1. The Bertz CT molecular complexity index is 1350. The third-order valence-corrected chi connectivity index (χ3v) is 5.53. The van der Waals surface area contributed by atoms with Crippen molar-refractivity contribution < 1.29 is 0 Å². The average molecular weight is 371 g/mol. The summed E-state index contributed by atoms with van der Waals surface area (Å²) in [5.41, 5.74) is 1.11. The molecule has 3 heterocycles. The van der Waals surface area contributed by atoms with E-state index in [1.807, 2.05) is 24.3 Å². The van der Waals surface area contributed by atoms with E-state index in [0.29, 0.717) is 16.9 Å². The van der Waals surface area contributed by atoms with Gasteiger partial charge in [-0.2, -0.15) is 5.26 Å². The van der Waals surface area contributed by atoms with Crippen molar-refractivity contribution in [3.63, 3.8) is 0 Å². The van der Waals surface area contributed by atoms with Gasteiger partial charge in [0.25, 0.3) is 5.56 Å². The highest BCUT2D eigenvalue weighted by Crippen LogP contribution is 2.36. The van der Waals surface area contributed by atoms with Gasteiger partial charge in [-0.15, -0.1) is 0 Å². The van der Waals surface area contributed by atoms with Gasteiger partial charge in [0, 0.05) is 17.8 Å². The molecule has 138 valence electrons. The normalized spacial score (nSPS) is 16.8. The van der Waals surface area contributed by atoms with E-state index in [2.05, 4.69) is 9.97 Å². The number of H-pyrrole nitrogens is 1. The molecule has 5 rings (SSSR count). The predicted octanol–water partition coefficient (Wildman–Crippen LogP) is 2.96. The van der Waals surface area contributed by atoms with Gasteiger partial charge in [-0.1, -0.05) is 18.6 Å².